The number of carbonyl (C=O) groups excluding carboxylic acids is 2. The maximum Gasteiger partial charge on any atom is 0.472 e. The Kier molecular flexibility index (Phi) is 35.0. The van der Waals surface area contributed by atoms with E-state index in [0.717, 1.165) is 77.0 Å². The molecule has 2 atom stereocenters. The van der Waals surface area contributed by atoms with Gasteiger partial charge in [0.2, 0.25) is 0 Å². The van der Waals surface area contributed by atoms with Crippen LogP contribution in [0.5, 0.6) is 0 Å². The Morgan fingerprint density at radius 2 is 1.02 bits per heavy atom. The first-order chi connectivity index (χ1) is 24.8. The first-order valence-electron chi connectivity index (χ1n) is 19.4. The van der Waals surface area contributed by atoms with Crippen LogP contribution >= 0.6 is 7.82 Å². The van der Waals surface area contributed by atoms with Crippen molar-refractivity contribution in [1.29, 1.82) is 0 Å². The highest BCUT2D eigenvalue weighted by Crippen LogP contribution is 2.43. The van der Waals surface area contributed by atoms with Gasteiger partial charge < -0.3 is 14.4 Å². The van der Waals surface area contributed by atoms with Crippen molar-refractivity contribution in [3.63, 3.8) is 0 Å². The molecule has 1 N–H and O–H groups in total. The molecule has 0 aromatic carbocycles. The van der Waals surface area contributed by atoms with Crippen molar-refractivity contribution in [2.75, 3.05) is 19.8 Å². The number of hydrogen-bond donors (Lipinski definition) is 1. The van der Waals surface area contributed by atoms with Crippen LogP contribution in [-0.4, -0.2) is 42.8 Å². The summed E-state index contributed by atoms with van der Waals surface area (Å²) in [7, 11) is -4.30. The number of phosphoric ester groups is 1. The van der Waals surface area contributed by atoms with Gasteiger partial charge in [0.1, 0.15) is 6.61 Å². The highest BCUT2D eigenvalue weighted by Gasteiger charge is 2.25. The Morgan fingerprint density at radius 1 is 0.549 bits per heavy atom. The molecule has 8 nitrogen and oxygen atoms in total. The van der Waals surface area contributed by atoms with Crippen LogP contribution in [0.4, 0.5) is 0 Å². The number of unbranched alkanes of at least 4 members (excludes halogenated alkanes) is 8. The fourth-order valence-electron chi connectivity index (χ4n) is 4.62. The molecule has 0 aromatic rings. The zero-order valence-corrected chi connectivity index (χ0v) is 32.9. The molecule has 0 fully saturated rings. The van der Waals surface area contributed by atoms with Gasteiger partial charge in [-0.3, -0.25) is 18.6 Å². The molecule has 0 spiro atoms. The summed E-state index contributed by atoms with van der Waals surface area (Å²) >= 11 is 0. The maximum atomic E-state index is 12.5. The van der Waals surface area contributed by atoms with Crippen molar-refractivity contribution in [3.8, 4) is 0 Å². The number of rotatable bonds is 34. The summed E-state index contributed by atoms with van der Waals surface area (Å²) in [5.41, 5.74) is 0. The van der Waals surface area contributed by atoms with Crippen molar-refractivity contribution in [2.24, 2.45) is 0 Å². The van der Waals surface area contributed by atoms with Crippen LogP contribution in [0.3, 0.4) is 0 Å². The lowest BCUT2D eigenvalue weighted by Crippen LogP contribution is -2.29. The SMILES string of the molecule is CC/C=C\C/C=C\C/C=C\C/C=C\C/C=C\CCCC(=O)OC(COC(=O)CCCCCCC/C=C\C/C=C\CCCC)COP(=O)(O)OCC. The minimum Gasteiger partial charge on any atom is -0.462 e. The first kappa shape index (κ1) is 48.2. The molecular weight excluding hydrogens is 663 g/mol. The molecule has 0 aromatic heterocycles. The molecule has 0 aliphatic rings. The molecule has 0 amide bonds. The van der Waals surface area contributed by atoms with Gasteiger partial charge >= 0.3 is 19.8 Å². The molecule has 0 rings (SSSR count). The summed E-state index contributed by atoms with van der Waals surface area (Å²) in [5, 5.41) is 0. The molecule has 0 saturated carbocycles. The largest absolute Gasteiger partial charge is 0.472 e. The monoisotopic (exact) mass is 732 g/mol. The molecule has 9 heteroatoms. The Balaban J connectivity index is 4.30. The number of ether oxygens (including phenoxy) is 2. The average Bonchev–Trinajstić information content (AvgIpc) is 3.10. The van der Waals surface area contributed by atoms with Gasteiger partial charge in [0.05, 0.1) is 13.2 Å². The number of phosphoric acid groups is 1. The fraction of sp³-hybridized carbons (Fsp3) is 0.619. The molecule has 0 radical (unpaired) electrons. The Labute approximate surface area is 310 Å². The lowest BCUT2D eigenvalue weighted by molar-refractivity contribution is -0.161. The highest BCUT2D eigenvalue weighted by atomic mass is 31.2. The average molecular weight is 733 g/mol. The third-order valence-corrected chi connectivity index (χ3v) is 8.49. The molecule has 0 aliphatic heterocycles. The standard InChI is InChI=1S/C42H69O8P/c1-4-7-9-11-13-15-17-19-21-22-23-25-27-29-31-33-35-37-42(44)50-40(39-49-51(45,46)48-6-3)38-47-41(43)36-34-32-30-28-26-24-20-18-16-14-12-10-8-5-2/h7,9,12-15,18-21,23,25,29,31,40H,4-6,8,10-11,16-17,22,24,26-28,30,32-39H2,1-3H3,(H,45,46)/b9-7-,14-12-,15-13-,20-18-,21-19-,25-23-,31-29-. The Morgan fingerprint density at radius 3 is 1.57 bits per heavy atom. The minimum absolute atomic E-state index is 0.0174. The molecule has 0 aliphatic carbocycles. The second-order valence-corrected chi connectivity index (χ2v) is 13.7. The van der Waals surface area contributed by atoms with Gasteiger partial charge in [-0.05, 0) is 84.0 Å². The van der Waals surface area contributed by atoms with Crippen LogP contribution in [0.2, 0.25) is 0 Å². The van der Waals surface area contributed by atoms with Crippen molar-refractivity contribution < 1.29 is 37.6 Å². The van der Waals surface area contributed by atoms with Crippen LogP contribution in [0, 0.1) is 0 Å². The molecule has 0 bridgehead atoms. The summed E-state index contributed by atoms with van der Waals surface area (Å²) in [5.74, 6) is -0.893. The molecule has 0 heterocycles. The van der Waals surface area contributed by atoms with Gasteiger partial charge in [0.15, 0.2) is 6.10 Å². The van der Waals surface area contributed by atoms with Crippen LogP contribution in [-0.2, 0) is 32.7 Å². The van der Waals surface area contributed by atoms with Crippen molar-refractivity contribution in [1.82, 2.24) is 0 Å². The lowest BCUT2D eigenvalue weighted by Gasteiger charge is -2.19. The van der Waals surface area contributed by atoms with E-state index in [2.05, 4.69) is 92.8 Å². The molecule has 51 heavy (non-hydrogen) atoms. The minimum atomic E-state index is -4.30. The number of allylic oxidation sites excluding steroid dienone is 14. The predicted octanol–water partition coefficient (Wildman–Crippen LogP) is 11.9. The van der Waals surface area contributed by atoms with Gasteiger partial charge in [0, 0.05) is 12.8 Å². The first-order valence-corrected chi connectivity index (χ1v) is 20.9. The topological polar surface area (TPSA) is 108 Å². The van der Waals surface area contributed by atoms with Crippen molar-refractivity contribution in [2.45, 2.75) is 149 Å². The summed E-state index contributed by atoms with van der Waals surface area (Å²) in [4.78, 5) is 34.6. The van der Waals surface area contributed by atoms with E-state index in [0.29, 0.717) is 19.3 Å². The van der Waals surface area contributed by atoms with Gasteiger partial charge in [-0.2, -0.15) is 0 Å². The fourth-order valence-corrected chi connectivity index (χ4v) is 5.38. The zero-order valence-electron chi connectivity index (χ0n) is 32.0. The van der Waals surface area contributed by atoms with E-state index in [9.17, 15) is 19.0 Å². The second-order valence-electron chi connectivity index (χ2n) is 12.2. The van der Waals surface area contributed by atoms with Gasteiger partial charge in [-0.15, -0.1) is 0 Å². The maximum absolute atomic E-state index is 12.5. The van der Waals surface area contributed by atoms with Crippen LogP contribution in [0.15, 0.2) is 85.1 Å². The predicted molar refractivity (Wildman–Crippen MR) is 211 cm³/mol. The summed E-state index contributed by atoms with van der Waals surface area (Å²) in [6, 6.07) is 0. The van der Waals surface area contributed by atoms with Crippen LogP contribution in [0.25, 0.3) is 0 Å². The number of hydrogen-bond acceptors (Lipinski definition) is 7. The smallest absolute Gasteiger partial charge is 0.462 e. The molecule has 290 valence electrons. The van der Waals surface area contributed by atoms with Crippen LogP contribution < -0.4 is 0 Å². The van der Waals surface area contributed by atoms with E-state index in [1.165, 1.54) is 12.8 Å². The molecule has 0 saturated heterocycles. The molecule has 2 unspecified atom stereocenters. The van der Waals surface area contributed by atoms with E-state index in [4.69, 9.17) is 18.5 Å². The highest BCUT2D eigenvalue weighted by molar-refractivity contribution is 7.47. The van der Waals surface area contributed by atoms with Crippen molar-refractivity contribution in [3.05, 3.63) is 85.1 Å². The van der Waals surface area contributed by atoms with Gasteiger partial charge in [0.25, 0.3) is 0 Å². The van der Waals surface area contributed by atoms with E-state index in [-0.39, 0.29) is 26.1 Å². The normalized spacial score (nSPS) is 14.4. The Hall–Kier alpha value is -2.77. The van der Waals surface area contributed by atoms with Crippen LogP contribution in [0.1, 0.15) is 143 Å². The number of carbonyl (C=O) groups is 2. The van der Waals surface area contributed by atoms with Crippen molar-refractivity contribution >= 4 is 19.8 Å². The Bertz CT molecular complexity index is 1100. The summed E-state index contributed by atoms with van der Waals surface area (Å²) in [6.45, 7) is 5.20. The van der Waals surface area contributed by atoms with E-state index >= 15 is 0 Å². The second kappa shape index (κ2) is 37.0. The quantitative estimate of drug-likeness (QED) is 0.0301. The zero-order chi connectivity index (χ0) is 37.5. The lowest BCUT2D eigenvalue weighted by atomic mass is 10.1. The molecular formula is C42H69O8P. The van der Waals surface area contributed by atoms with E-state index in [1.54, 1.807) is 6.92 Å². The van der Waals surface area contributed by atoms with Gasteiger partial charge in [-0.25, -0.2) is 4.57 Å². The summed E-state index contributed by atoms with van der Waals surface area (Å²) < 4.78 is 32.5. The number of esters is 2. The van der Waals surface area contributed by atoms with E-state index < -0.39 is 32.5 Å². The van der Waals surface area contributed by atoms with Gasteiger partial charge in [-0.1, -0.05) is 131 Å². The van der Waals surface area contributed by atoms with E-state index in [1.807, 2.05) is 6.08 Å². The third kappa shape index (κ3) is 36.8. The summed E-state index contributed by atoms with van der Waals surface area (Å²) in [6.07, 6.45) is 46.4. The third-order valence-electron chi connectivity index (χ3n) is 7.44.